The third-order valence-corrected chi connectivity index (χ3v) is 3.19. The highest BCUT2D eigenvalue weighted by Gasteiger charge is 2.15. The number of hydrogen-bond donors (Lipinski definition) is 0. The number of hydrogen-bond acceptors (Lipinski definition) is 1. The van der Waals surface area contributed by atoms with E-state index >= 15 is 0 Å². The number of benzene rings is 2. The van der Waals surface area contributed by atoms with Crippen LogP contribution in [-0.4, -0.2) is 7.11 Å². The van der Waals surface area contributed by atoms with Gasteiger partial charge in [-0.2, -0.15) is 0 Å². The number of rotatable bonds is 3. The van der Waals surface area contributed by atoms with Gasteiger partial charge < -0.3 is 4.74 Å². The molecule has 0 amide bonds. The van der Waals surface area contributed by atoms with Crippen molar-refractivity contribution in [2.24, 2.45) is 0 Å². The van der Waals surface area contributed by atoms with Gasteiger partial charge in [0.25, 0.3) is 0 Å². The zero-order valence-electron chi connectivity index (χ0n) is 9.36. The standard InChI is InChI=1S/C14H12Cl2O/c1-17-14(10-6-8-11(15)9-7-10)12-4-2-3-5-13(12)16/h2-9,14H,1H3/t14-/m1/s1. The van der Waals surface area contributed by atoms with Gasteiger partial charge in [-0.25, -0.2) is 0 Å². The van der Waals surface area contributed by atoms with E-state index in [1.807, 2.05) is 48.5 Å². The second-order valence-corrected chi connectivity index (χ2v) is 4.53. The minimum absolute atomic E-state index is 0.166. The average Bonchev–Trinajstić information content (AvgIpc) is 2.35. The van der Waals surface area contributed by atoms with Gasteiger partial charge in [0, 0.05) is 22.7 Å². The molecule has 2 aromatic rings. The van der Waals surface area contributed by atoms with Crippen molar-refractivity contribution < 1.29 is 4.74 Å². The van der Waals surface area contributed by atoms with Crippen LogP contribution in [0.4, 0.5) is 0 Å². The normalized spacial score (nSPS) is 12.4. The van der Waals surface area contributed by atoms with E-state index in [1.54, 1.807) is 7.11 Å². The summed E-state index contributed by atoms with van der Waals surface area (Å²) in [5, 5.41) is 1.41. The highest BCUT2D eigenvalue weighted by Crippen LogP contribution is 2.31. The Balaban J connectivity index is 2.40. The van der Waals surface area contributed by atoms with E-state index in [2.05, 4.69) is 0 Å². The van der Waals surface area contributed by atoms with E-state index in [1.165, 1.54) is 0 Å². The quantitative estimate of drug-likeness (QED) is 0.781. The highest BCUT2D eigenvalue weighted by atomic mass is 35.5. The predicted octanol–water partition coefficient (Wildman–Crippen LogP) is 4.73. The van der Waals surface area contributed by atoms with Gasteiger partial charge in [-0.1, -0.05) is 53.5 Å². The molecule has 88 valence electrons. The van der Waals surface area contributed by atoms with Crippen molar-refractivity contribution >= 4 is 23.2 Å². The largest absolute Gasteiger partial charge is 0.372 e. The second kappa shape index (κ2) is 5.54. The van der Waals surface area contributed by atoms with E-state index in [4.69, 9.17) is 27.9 Å². The molecular formula is C14H12Cl2O. The molecule has 1 nitrogen and oxygen atoms in total. The lowest BCUT2D eigenvalue weighted by molar-refractivity contribution is 0.136. The molecule has 0 aliphatic carbocycles. The fraction of sp³-hybridized carbons (Fsp3) is 0.143. The second-order valence-electron chi connectivity index (χ2n) is 3.69. The van der Waals surface area contributed by atoms with E-state index in [9.17, 15) is 0 Å². The van der Waals surface area contributed by atoms with Crippen LogP contribution in [0.2, 0.25) is 10.0 Å². The Hall–Kier alpha value is -1.02. The van der Waals surface area contributed by atoms with Crippen LogP contribution in [0.3, 0.4) is 0 Å². The molecule has 0 N–H and O–H groups in total. The number of ether oxygens (including phenoxy) is 1. The van der Waals surface area contributed by atoms with Crippen LogP contribution in [0, 0.1) is 0 Å². The third-order valence-electron chi connectivity index (χ3n) is 2.60. The zero-order valence-corrected chi connectivity index (χ0v) is 10.9. The molecule has 0 saturated heterocycles. The Labute approximate surface area is 111 Å². The van der Waals surface area contributed by atoms with Gasteiger partial charge in [0.2, 0.25) is 0 Å². The molecule has 17 heavy (non-hydrogen) atoms. The van der Waals surface area contributed by atoms with Gasteiger partial charge in [0.05, 0.1) is 0 Å². The van der Waals surface area contributed by atoms with Gasteiger partial charge >= 0.3 is 0 Å². The van der Waals surface area contributed by atoms with Gasteiger partial charge in [-0.05, 0) is 23.8 Å². The molecule has 0 radical (unpaired) electrons. The summed E-state index contributed by atoms with van der Waals surface area (Å²) >= 11 is 12.0. The molecule has 0 fully saturated rings. The van der Waals surface area contributed by atoms with E-state index < -0.39 is 0 Å². The lowest BCUT2D eigenvalue weighted by atomic mass is 10.0. The van der Waals surface area contributed by atoms with Crippen LogP contribution in [0.1, 0.15) is 17.2 Å². The topological polar surface area (TPSA) is 9.23 Å². The highest BCUT2D eigenvalue weighted by molar-refractivity contribution is 6.31. The molecule has 0 unspecified atom stereocenters. The maximum atomic E-state index is 6.17. The first-order chi connectivity index (χ1) is 8.22. The molecule has 3 heteroatoms. The smallest absolute Gasteiger partial charge is 0.109 e. The lowest BCUT2D eigenvalue weighted by Gasteiger charge is -2.17. The molecule has 2 aromatic carbocycles. The van der Waals surface area contributed by atoms with E-state index in [0.29, 0.717) is 10.0 Å². The van der Waals surface area contributed by atoms with Crippen molar-refractivity contribution in [1.82, 2.24) is 0 Å². The zero-order chi connectivity index (χ0) is 12.3. The van der Waals surface area contributed by atoms with Gasteiger partial charge in [-0.3, -0.25) is 0 Å². The van der Waals surface area contributed by atoms with Crippen molar-refractivity contribution in [2.75, 3.05) is 7.11 Å². The first-order valence-corrected chi connectivity index (χ1v) is 6.00. The Bertz CT molecular complexity index is 494. The minimum atomic E-state index is -0.166. The van der Waals surface area contributed by atoms with Crippen LogP contribution >= 0.6 is 23.2 Å². The SMILES string of the molecule is CO[C@H](c1ccc(Cl)cc1)c1ccccc1Cl. The van der Waals surface area contributed by atoms with Crippen LogP contribution in [0.25, 0.3) is 0 Å². The molecule has 0 aromatic heterocycles. The molecule has 0 aliphatic rings. The molecule has 0 spiro atoms. The van der Waals surface area contributed by atoms with E-state index in [-0.39, 0.29) is 6.10 Å². The average molecular weight is 267 g/mol. The Morgan fingerprint density at radius 1 is 0.941 bits per heavy atom. The summed E-state index contributed by atoms with van der Waals surface area (Å²) in [6.45, 7) is 0. The summed E-state index contributed by atoms with van der Waals surface area (Å²) < 4.78 is 5.52. The van der Waals surface area contributed by atoms with Crippen LogP contribution in [0.5, 0.6) is 0 Å². The van der Waals surface area contributed by atoms with Crippen molar-refractivity contribution in [3.63, 3.8) is 0 Å². The molecular weight excluding hydrogens is 255 g/mol. The molecule has 0 saturated carbocycles. The maximum absolute atomic E-state index is 6.17. The molecule has 0 aliphatic heterocycles. The van der Waals surface area contributed by atoms with Crippen molar-refractivity contribution in [1.29, 1.82) is 0 Å². The van der Waals surface area contributed by atoms with Crippen molar-refractivity contribution in [3.05, 3.63) is 69.7 Å². The number of halogens is 2. The van der Waals surface area contributed by atoms with Gasteiger partial charge in [0.15, 0.2) is 0 Å². The van der Waals surface area contributed by atoms with Crippen molar-refractivity contribution in [3.8, 4) is 0 Å². The predicted molar refractivity (Wildman–Crippen MR) is 71.8 cm³/mol. The summed E-state index contributed by atoms with van der Waals surface area (Å²) in [5.41, 5.74) is 1.99. The lowest BCUT2D eigenvalue weighted by Crippen LogP contribution is -2.03. The van der Waals surface area contributed by atoms with Crippen LogP contribution < -0.4 is 0 Å². The Morgan fingerprint density at radius 3 is 2.18 bits per heavy atom. The minimum Gasteiger partial charge on any atom is -0.372 e. The van der Waals surface area contributed by atoms with E-state index in [0.717, 1.165) is 11.1 Å². The summed E-state index contributed by atoms with van der Waals surface area (Å²) in [5.74, 6) is 0. The van der Waals surface area contributed by atoms with Crippen molar-refractivity contribution in [2.45, 2.75) is 6.10 Å². The van der Waals surface area contributed by atoms with Gasteiger partial charge in [-0.15, -0.1) is 0 Å². The Morgan fingerprint density at radius 2 is 1.59 bits per heavy atom. The summed E-state index contributed by atoms with van der Waals surface area (Å²) in [6, 6.07) is 15.3. The van der Waals surface area contributed by atoms with Gasteiger partial charge in [0.1, 0.15) is 6.10 Å². The summed E-state index contributed by atoms with van der Waals surface area (Å²) in [4.78, 5) is 0. The fourth-order valence-electron chi connectivity index (χ4n) is 1.77. The first-order valence-electron chi connectivity index (χ1n) is 5.25. The third kappa shape index (κ3) is 2.81. The maximum Gasteiger partial charge on any atom is 0.109 e. The molecule has 1 atom stereocenters. The summed E-state index contributed by atoms with van der Waals surface area (Å²) in [7, 11) is 1.67. The Kier molecular flexibility index (Phi) is 4.06. The number of methoxy groups -OCH3 is 1. The monoisotopic (exact) mass is 266 g/mol. The van der Waals surface area contributed by atoms with Crippen LogP contribution in [0.15, 0.2) is 48.5 Å². The van der Waals surface area contributed by atoms with Crippen LogP contribution in [-0.2, 0) is 4.74 Å². The molecule has 0 heterocycles. The summed E-state index contributed by atoms with van der Waals surface area (Å²) in [6.07, 6.45) is -0.166. The molecule has 2 rings (SSSR count). The first kappa shape index (κ1) is 12.4. The molecule has 0 bridgehead atoms. The fourth-order valence-corrected chi connectivity index (χ4v) is 2.13.